The van der Waals surface area contributed by atoms with E-state index in [2.05, 4.69) is 84.9 Å². The maximum absolute atomic E-state index is 11.7. The third kappa shape index (κ3) is 20.0. The summed E-state index contributed by atoms with van der Waals surface area (Å²) < 4.78 is 9.85. The van der Waals surface area contributed by atoms with E-state index < -0.39 is 18.4 Å². The largest absolute Gasteiger partial charge is 0.506 e. The minimum absolute atomic E-state index is 0.0551. The molecular weight excluding hydrogens is 520 g/mol. The van der Waals surface area contributed by atoms with E-state index in [1.165, 1.54) is 13.1 Å². The number of aryl methyl sites for hydroxylation is 1. The van der Waals surface area contributed by atoms with Crippen molar-refractivity contribution < 1.29 is 29.3 Å². The van der Waals surface area contributed by atoms with E-state index in [9.17, 15) is 19.8 Å². The molecule has 1 heterocycles. The number of aromatic nitrogens is 1. The Labute approximate surface area is 246 Å². The summed E-state index contributed by atoms with van der Waals surface area (Å²) in [5, 5.41) is 21.7. The number of ether oxygens (including phenoxy) is 2. The maximum Gasteiger partial charge on any atom is 0.410 e. The molecule has 0 radical (unpaired) electrons. The van der Waals surface area contributed by atoms with Crippen LogP contribution in [-0.2, 0) is 27.4 Å². The number of carbonyl (C=O) groups is 2. The van der Waals surface area contributed by atoms with Crippen LogP contribution in [0.25, 0.3) is 0 Å². The molecule has 1 aromatic heterocycles. The van der Waals surface area contributed by atoms with Crippen LogP contribution in [-0.4, -0.2) is 33.5 Å². The fraction of sp³-hybridized carbons (Fsp3) is 0.485. The quantitative estimate of drug-likeness (QED) is 0.1000. The normalized spacial score (nSPS) is 12.3. The Bertz CT molecular complexity index is 1010. The number of aliphatic hydroxyl groups is 1. The first-order valence-corrected chi connectivity index (χ1v) is 14.4. The van der Waals surface area contributed by atoms with Crippen LogP contribution in [0, 0.1) is 6.92 Å². The lowest BCUT2D eigenvalue weighted by molar-refractivity contribution is -0.164. The number of rotatable bonds is 17. The first-order valence-electron chi connectivity index (χ1n) is 14.4. The molecule has 1 unspecified atom stereocenters. The lowest BCUT2D eigenvalue weighted by Gasteiger charge is -2.16. The second-order valence-corrected chi connectivity index (χ2v) is 9.08. The monoisotopic (exact) mass is 570 g/mol. The number of unbranched alkanes of at least 4 members (excludes halogenated alkanes) is 1. The molecule has 1 amide bonds. The van der Waals surface area contributed by atoms with Gasteiger partial charge in [0.05, 0.1) is 18.8 Å². The van der Waals surface area contributed by atoms with Crippen LogP contribution in [0.3, 0.4) is 0 Å². The molecule has 1 aromatic rings. The van der Waals surface area contributed by atoms with Gasteiger partial charge in [0.1, 0.15) is 5.75 Å². The van der Waals surface area contributed by atoms with Crippen LogP contribution >= 0.6 is 0 Å². The van der Waals surface area contributed by atoms with E-state index in [1.54, 1.807) is 6.92 Å². The Morgan fingerprint density at radius 3 is 2.02 bits per heavy atom. The van der Waals surface area contributed by atoms with Crippen molar-refractivity contribution in [2.75, 3.05) is 0 Å². The summed E-state index contributed by atoms with van der Waals surface area (Å²) in [6, 6.07) is 0. The fourth-order valence-electron chi connectivity index (χ4n) is 3.25. The standard InChI is InChI=1S/C17H26.C16H24N2O6/c1-3-5-7-9-11-13-15-17-16-14-12-10-8-6-4-2;1-4-5-6-14(20)23-11(3)24-16(22)18-8-13-12(9-19)7-17-10(2)15(13)21/h3,5-6,8-9,11-12,14-15,17H,4,7,10,13,16H2,1-2H3;7,11,19,21H,4-6,8-9H2,1-3H3,(H,18,22)/b5-3-,8-6-,11-9-,14-12-,17-15-;. The summed E-state index contributed by atoms with van der Waals surface area (Å²) in [6.45, 7) is 8.84. The number of hydrogen-bond donors (Lipinski definition) is 3. The van der Waals surface area contributed by atoms with E-state index >= 15 is 0 Å². The van der Waals surface area contributed by atoms with Gasteiger partial charge < -0.3 is 25.0 Å². The van der Waals surface area contributed by atoms with Gasteiger partial charge in [-0.25, -0.2) is 4.79 Å². The van der Waals surface area contributed by atoms with Crippen LogP contribution in [0.15, 0.2) is 67.0 Å². The highest BCUT2D eigenvalue weighted by atomic mass is 16.7. The molecular formula is C33H50N2O6. The molecule has 1 rings (SSSR count). The summed E-state index contributed by atoms with van der Waals surface area (Å²) >= 11 is 0. The van der Waals surface area contributed by atoms with Gasteiger partial charge >= 0.3 is 12.1 Å². The summed E-state index contributed by atoms with van der Waals surface area (Å²) in [4.78, 5) is 27.1. The fourth-order valence-corrected chi connectivity index (χ4v) is 3.25. The van der Waals surface area contributed by atoms with Gasteiger partial charge in [0.2, 0.25) is 6.29 Å². The Balaban J connectivity index is 0.000000831. The molecule has 0 bridgehead atoms. The van der Waals surface area contributed by atoms with Crippen molar-refractivity contribution in [3.63, 3.8) is 0 Å². The summed E-state index contributed by atoms with van der Waals surface area (Å²) in [7, 11) is 0. The number of alkyl carbamates (subject to hydrolysis) is 1. The van der Waals surface area contributed by atoms with Gasteiger partial charge in [-0.3, -0.25) is 9.78 Å². The van der Waals surface area contributed by atoms with Crippen molar-refractivity contribution in [1.82, 2.24) is 10.3 Å². The molecule has 0 saturated carbocycles. The molecule has 228 valence electrons. The number of aliphatic hydroxyl groups excluding tert-OH is 1. The molecule has 0 aliphatic rings. The highest BCUT2D eigenvalue weighted by Crippen LogP contribution is 2.23. The highest BCUT2D eigenvalue weighted by molar-refractivity contribution is 5.70. The van der Waals surface area contributed by atoms with Crippen molar-refractivity contribution in [3.05, 3.63) is 83.8 Å². The molecule has 41 heavy (non-hydrogen) atoms. The predicted molar refractivity (Wildman–Crippen MR) is 165 cm³/mol. The topological polar surface area (TPSA) is 118 Å². The zero-order chi connectivity index (χ0) is 30.7. The molecule has 3 N–H and O–H groups in total. The third-order valence-corrected chi connectivity index (χ3v) is 5.54. The van der Waals surface area contributed by atoms with Crippen molar-refractivity contribution in [2.45, 2.75) is 105 Å². The zero-order valence-corrected chi connectivity index (χ0v) is 25.5. The maximum atomic E-state index is 11.7. The van der Waals surface area contributed by atoms with Crippen molar-refractivity contribution in [3.8, 4) is 5.75 Å². The predicted octanol–water partition coefficient (Wildman–Crippen LogP) is 7.65. The molecule has 8 heteroatoms. The van der Waals surface area contributed by atoms with E-state index in [0.717, 1.165) is 38.5 Å². The minimum Gasteiger partial charge on any atom is -0.506 e. The van der Waals surface area contributed by atoms with Crippen LogP contribution in [0.2, 0.25) is 0 Å². The summed E-state index contributed by atoms with van der Waals surface area (Å²) in [5.41, 5.74) is 1.14. The van der Waals surface area contributed by atoms with Crippen LogP contribution in [0.1, 0.15) is 95.9 Å². The number of hydrogen-bond acceptors (Lipinski definition) is 7. The first kappa shape index (κ1) is 37.4. The van der Waals surface area contributed by atoms with E-state index in [4.69, 9.17) is 9.47 Å². The Kier molecular flexibility index (Phi) is 23.1. The van der Waals surface area contributed by atoms with Gasteiger partial charge in [-0.2, -0.15) is 0 Å². The Morgan fingerprint density at radius 1 is 0.951 bits per heavy atom. The Morgan fingerprint density at radius 2 is 1.51 bits per heavy atom. The lowest BCUT2D eigenvalue weighted by Crippen LogP contribution is -2.30. The van der Waals surface area contributed by atoms with Gasteiger partial charge in [-0.1, -0.05) is 81.0 Å². The zero-order valence-electron chi connectivity index (χ0n) is 25.5. The van der Waals surface area contributed by atoms with Gasteiger partial charge in [-0.05, 0) is 52.4 Å². The van der Waals surface area contributed by atoms with Gasteiger partial charge in [0.15, 0.2) is 0 Å². The number of carbonyl (C=O) groups excluding carboxylic acids is 2. The van der Waals surface area contributed by atoms with E-state index in [1.807, 2.05) is 6.92 Å². The second-order valence-electron chi connectivity index (χ2n) is 9.08. The van der Waals surface area contributed by atoms with Gasteiger partial charge in [0.25, 0.3) is 0 Å². The number of allylic oxidation sites excluding steroid dienone is 10. The van der Waals surface area contributed by atoms with Crippen molar-refractivity contribution in [1.29, 1.82) is 0 Å². The number of aromatic hydroxyl groups is 1. The molecule has 0 aromatic carbocycles. The number of esters is 1. The molecule has 8 nitrogen and oxygen atoms in total. The van der Waals surface area contributed by atoms with Crippen LogP contribution in [0.5, 0.6) is 5.75 Å². The third-order valence-electron chi connectivity index (χ3n) is 5.54. The summed E-state index contributed by atoms with van der Waals surface area (Å²) in [5.74, 6) is -0.525. The van der Waals surface area contributed by atoms with Crippen LogP contribution in [0.4, 0.5) is 4.79 Å². The van der Waals surface area contributed by atoms with Crippen LogP contribution < -0.4 is 5.32 Å². The Hall–Kier alpha value is -3.65. The molecule has 0 fully saturated rings. The number of pyridine rings is 1. The molecule has 0 aliphatic carbocycles. The second kappa shape index (κ2) is 25.3. The number of nitrogens with zero attached hydrogens (tertiary/aromatic N) is 1. The lowest BCUT2D eigenvalue weighted by atomic mass is 10.1. The molecule has 0 aliphatic heterocycles. The van der Waals surface area contributed by atoms with Crippen molar-refractivity contribution >= 4 is 12.1 Å². The van der Waals surface area contributed by atoms with E-state index in [-0.39, 0.29) is 25.3 Å². The average Bonchev–Trinajstić information content (AvgIpc) is 2.95. The summed E-state index contributed by atoms with van der Waals surface area (Å²) in [6.07, 6.45) is 28.8. The average molecular weight is 571 g/mol. The molecule has 1 atom stereocenters. The van der Waals surface area contributed by atoms with Gasteiger partial charge in [0, 0.05) is 30.7 Å². The SMILES string of the molecule is C/C=C\C/C=C\C/C=C\C/C=C\C/C=C\CC.CCCCC(=O)OC(C)OC(=O)NCc1c(CO)cnc(C)c1O. The number of amides is 1. The molecule has 0 saturated heterocycles. The highest BCUT2D eigenvalue weighted by Gasteiger charge is 2.16. The minimum atomic E-state index is -1.01. The smallest absolute Gasteiger partial charge is 0.410 e. The van der Waals surface area contributed by atoms with Gasteiger partial charge in [-0.15, -0.1) is 0 Å². The molecule has 0 spiro atoms. The number of nitrogens with one attached hydrogen (secondary N) is 1. The first-order chi connectivity index (χ1) is 19.8. The van der Waals surface area contributed by atoms with E-state index in [0.29, 0.717) is 23.2 Å². The van der Waals surface area contributed by atoms with Crippen molar-refractivity contribution in [2.24, 2.45) is 0 Å².